The van der Waals surface area contributed by atoms with Crippen molar-refractivity contribution >= 4 is 33.3 Å². The number of nitrogens with one attached hydrogen (secondary N) is 1. The van der Waals surface area contributed by atoms with E-state index in [1.807, 2.05) is 0 Å². The lowest BCUT2D eigenvalue weighted by molar-refractivity contribution is -0.133. The summed E-state index contributed by atoms with van der Waals surface area (Å²) in [5, 5.41) is 3.39. The molecule has 0 unspecified atom stereocenters. The molecule has 0 bridgehead atoms. The molecule has 0 radical (unpaired) electrons. The fourth-order valence-electron chi connectivity index (χ4n) is 5.02. The molecule has 1 aliphatic heterocycles. The van der Waals surface area contributed by atoms with Gasteiger partial charge >= 0.3 is 0 Å². The summed E-state index contributed by atoms with van der Waals surface area (Å²) in [6, 6.07) is 9.49. The second-order valence-corrected chi connectivity index (χ2v) is 11.7. The van der Waals surface area contributed by atoms with E-state index < -0.39 is 21.8 Å². The van der Waals surface area contributed by atoms with Gasteiger partial charge in [0.15, 0.2) is 5.76 Å². The molecule has 184 valence electrons. The maximum absolute atomic E-state index is 13.2. The van der Waals surface area contributed by atoms with Crippen LogP contribution >= 0.6 is 11.6 Å². The Labute approximate surface area is 204 Å². The van der Waals surface area contributed by atoms with E-state index in [-0.39, 0.29) is 35.5 Å². The minimum absolute atomic E-state index is 0.00927. The number of furan rings is 1. The highest BCUT2D eigenvalue weighted by molar-refractivity contribution is 7.90. The molecule has 2 fully saturated rings. The van der Waals surface area contributed by atoms with E-state index in [2.05, 4.69) is 5.32 Å². The van der Waals surface area contributed by atoms with Gasteiger partial charge in [0.25, 0.3) is 5.91 Å². The largest absolute Gasteiger partial charge is 0.451 e. The number of likely N-dealkylation sites (tertiary alicyclic amines) is 1. The lowest BCUT2D eigenvalue weighted by Gasteiger charge is -2.40. The van der Waals surface area contributed by atoms with Gasteiger partial charge in [0.2, 0.25) is 5.91 Å². The number of amides is 2. The normalized spacial score (nSPS) is 25.5. The highest BCUT2D eigenvalue weighted by Gasteiger charge is 2.43. The van der Waals surface area contributed by atoms with Gasteiger partial charge < -0.3 is 19.4 Å². The van der Waals surface area contributed by atoms with Crippen molar-refractivity contribution in [3.8, 4) is 11.3 Å². The molecule has 1 aromatic heterocycles. The summed E-state index contributed by atoms with van der Waals surface area (Å²) in [6.07, 6.45) is 3.71. The van der Waals surface area contributed by atoms with Crippen LogP contribution in [-0.2, 0) is 19.4 Å². The number of methoxy groups -OCH3 is 1. The van der Waals surface area contributed by atoms with Crippen LogP contribution in [0.1, 0.15) is 36.2 Å². The maximum Gasteiger partial charge on any atom is 0.287 e. The van der Waals surface area contributed by atoms with Gasteiger partial charge in [-0.05, 0) is 68.0 Å². The van der Waals surface area contributed by atoms with Crippen LogP contribution in [0.15, 0.2) is 40.8 Å². The molecule has 1 saturated carbocycles. The first-order valence-electron chi connectivity index (χ1n) is 11.3. The fourth-order valence-corrected chi connectivity index (χ4v) is 6.28. The number of carbonyl (C=O) groups excluding carboxylic acids is 2. The van der Waals surface area contributed by atoms with Gasteiger partial charge in [-0.15, -0.1) is 0 Å². The predicted molar refractivity (Wildman–Crippen MR) is 128 cm³/mol. The summed E-state index contributed by atoms with van der Waals surface area (Å²) in [4.78, 5) is 27.7. The Morgan fingerprint density at radius 1 is 1.18 bits per heavy atom. The summed E-state index contributed by atoms with van der Waals surface area (Å²) >= 11 is 5.92. The van der Waals surface area contributed by atoms with Crippen molar-refractivity contribution in [2.45, 2.75) is 43.9 Å². The third-order valence-corrected chi connectivity index (χ3v) is 7.93. The van der Waals surface area contributed by atoms with E-state index in [1.165, 1.54) is 6.26 Å². The van der Waals surface area contributed by atoms with Gasteiger partial charge in [0.1, 0.15) is 21.6 Å². The molecule has 2 heterocycles. The summed E-state index contributed by atoms with van der Waals surface area (Å²) in [5.41, 5.74) is 0.787. The molecule has 1 saturated heterocycles. The van der Waals surface area contributed by atoms with Crippen LogP contribution in [0, 0.1) is 5.92 Å². The van der Waals surface area contributed by atoms with Crippen molar-refractivity contribution in [2.24, 2.45) is 5.92 Å². The number of nitrogens with zero attached hydrogens (tertiary/aromatic N) is 1. The zero-order valence-electron chi connectivity index (χ0n) is 19.2. The van der Waals surface area contributed by atoms with E-state index in [0.717, 1.165) is 12.0 Å². The summed E-state index contributed by atoms with van der Waals surface area (Å²) in [6.45, 7) is 0.473. The first kappa shape index (κ1) is 24.8. The minimum atomic E-state index is -3.21. The van der Waals surface area contributed by atoms with E-state index in [4.69, 9.17) is 20.8 Å². The highest BCUT2D eigenvalue weighted by Crippen LogP contribution is 2.33. The maximum atomic E-state index is 13.2. The zero-order valence-corrected chi connectivity index (χ0v) is 20.8. The van der Waals surface area contributed by atoms with Gasteiger partial charge in [-0.2, -0.15) is 0 Å². The topological polar surface area (TPSA) is 106 Å². The van der Waals surface area contributed by atoms with Crippen LogP contribution in [0.3, 0.4) is 0 Å². The molecule has 2 aliphatic rings. The van der Waals surface area contributed by atoms with Gasteiger partial charge in [-0.1, -0.05) is 11.6 Å². The molecule has 0 spiro atoms. The van der Waals surface area contributed by atoms with Gasteiger partial charge in [0, 0.05) is 36.5 Å². The molecular formula is C24H29ClN2O6S. The Hall–Kier alpha value is -2.36. The third-order valence-electron chi connectivity index (χ3n) is 6.65. The molecular weight excluding hydrogens is 480 g/mol. The smallest absolute Gasteiger partial charge is 0.287 e. The Kier molecular flexibility index (Phi) is 7.35. The molecule has 1 aliphatic carbocycles. The van der Waals surface area contributed by atoms with Crippen molar-refractivity contribution in [2.75, 3.05) is 25.7 Å². The van der Waals surface area contributed by atoms with Crippen LogP contribution in [0.5, 0.6) is 0 Å². The SMILES string of the molecule is CO[C@@H]1CC[C@H](N2CC[C@H](NC(=O)c3ccc(-c4ccc(Cl)cc4)o3)C2=O)[C@@H](CS(C)(=O)=O)C1. The highest BCUT2D eigenvalue weighted by atomic mass is 35.5. The third kappa shape index (κ3) is 5.64. The lowest BCUT2D eigenvalue weighted by atomic mass is 9.83. The monoisotopic (exact) mass is 508 g/mol. The standard InChI is InChI=1S/C24H29ClN2O6S/c1-32-18-7-8-20(16(13-18)14-34(2,30)31)27-12-11-19(24(27)29)26-23(28)22-10-9-21(33-22)15-3-5-17(25)6-4-15/h3-6,9-10,16,18-20H,7-8,11-14H2,1-2H3,(H,26,28)/t16-,18-,19+,20+/m1/s1. The zero-order chi connectivity index (χ0) is 24.5. The minimum Gasteiger partial charge on any atom is -0.451 e. The van der Waals surface area contributed by atoms with Gasteiger partial charge in [-0.3, -0.25) is 9.59 Å². The molecule has 4 rings (SSSR count). The fraction of sp³-hybridized carbons (Fsp3) is 0.500. The number of benzene rings is 1. The van der Waals surface area contributed by atoms with Crippen LogP contribution in [-0.4, -0.2) is 69.0 Å². The lowest BCUT2D eigenvalue weighted by Crippen LogP contribution is -2.50. The molecule has 10 heteroatoms. The van der Waals surface area contributed by atoms with Crippen LogP contribution in [0.25, 0.3) is 11.3 Å². The second kappa shape index (κ2) is 10.1. The van der Waals surface area contributed by atoms with Gasteiger partial charge in [-0.25, -0.2) is 8.42 Å². The number of ether oxygens (including phenoxy) is 1. The number of halogens is 1. The number of sulfone groups is 1. The molecule has 8 nitrogen and oxygen atoms in total. The molecule has 2 amide bonds. The van der Waals surface area contributed by atoms with Crippen LogP contribution < -0.4 is 5.32 Å². The summed E-state index contributed by atoms with van der Waals surface area (Å²) in [5.74, 6) is -0.183. The van der Waals surface area contributed by atoms with Crippen molar-refractivity contribution in [1.29, 1.82) is 0 Å². The molecule has 2 aromatic rings. The Morgan fingerprint density at radius 3 is 2.59 bits per heavy atom. The first-order chi connectivity index (χ1) is 16.1. The van der Waals surface area contributed by atoms with E-state index >= 15 is 0 Å². The van der Waals surface area contributed by atoms with Crippen molar-refractivity contribution in [3.05, 3.63) is 47.2 Å². The molecule has 1 aromatic carbocycles. The van der Waals surface area contributed by atoms with Crippen molar-refractivity contribution < 1.29 is 27.2 Å². The Bertz CT molecular complexity index is 1150. The average molecular weight is 509 g/mol. The molecule has 1 N–H and O–H groups in total. The number of rotatable bonds is 7. The number of carbonyl (C=O) groups is 2. The van der Waals surface area contributed by atoms with Crippen molar-refractivity contribution in [1.82, 2.24) is 10.2 Å². The first-order valence-corrected chi connectivity index (χ1v) is 13.8. The van der Waals surface area contributed by atoms with E-state index in [9.17, 15) is 18.0 Å². The second-order valence-electron chi connectivity index (χ2n) is 9.11. The summed E-state index contributed by atoms with van der Waals surface area (Å²) in [7, 11) is -1.58. The average Bonchev–Trinajstić information content (AvgIpc) is 3.41. The number of hydrogen-bond acceptors (Lipinski definition) is 6. The van der Waals surface area contributed by atoms with E-state index in [1.54, 1.807) is 48.4 Å². The van der Waals surface area contributed by atoms with Crippen LogP contribution in [0.4, 0.5) is 0 Å². The molecule has 4 atom stereocenters. The number of hydrogen-bond donors (Lipinski definition) is 1. The van der Waals surface area contributed by atoms with E-state index in [0.29, 0.717) is 36.6 Å². The van der Waals surface area contributed by atoms with Crippen molar-refractivity contribution in [3.63, 3.8) is 0 Å². The Morgan fingerprint density at radius 2 is 1.91 bits per heavy atom. The summed E-state index contributed by atoms with van der Waals surface area (Å²) < 4.78 is 35.2. The predicted octanol–water partition coefficient (Wildman–Crippen LogP) is 3.16. The van der Waals surface area contributed by atoms with Crippen LogP contribution in [0.2, 0.25) is 5.02 Å². The Balaban J connectivity index is 1.42. The quantitative estimate of drug-likeness (QED) is 0.615. The molecule has 34 heavy (non-hydrogen) atoms. The van der Waals surface area contributed by atoms with Gasteiger partial charge in [0.05, 0.1) is 11.9 Å².